The first-order chi connectivity index (χ1) is 55.4. The highest BCUT2D eigenvalue weighted by Gasteiger charge is 2.43. The molecule has 6 N–H and O–H groups in total. The van der Waals surface area contributed by atoms with E-state index in [1.165, 1.54) is 124 Å². The molecule has 2 saturated carbocycles. The minimum absolute atomic E-state index is 0.0114. The third kappa shape index (κ3) is 21.9. The van der Waals surface area contributed by atoms with Crippen LogP contribution in [0.2, 0.25) is 15.1 Å². The normalized spacial score (nSPS) is 17.1. The third-order valence-corrected chi connectivity index (χ3v) is 24.4. The molecule has 5 fully saturated rings. The number of alkyl halides is 3. The van der Waals surface area contributed by atoms with Crippen molar-refractivity contribution < 1.29 is 50.6 Å². The summed E-state index contributed by atoms with van der Waals surface area (Å²) in [5, 5.41) is 34.1. The number of halogens is 9. The van der Waals surface area contributed by atoms with Crippen LogP contribution in [0.15, 0.2) is 200 Å². The van der Waals surface area contributed by atoms with E-state index in [0.29, 0.717) is 46.8 Å². The zero-order valence-electron chi connectivity index (χ0n) is 64.6. The number of nitrogens with one attached hydrogen (secondary N) is 5. The van der Waals surface area contributed by atoms with E-state index in [0.717, 1.165) is 135 Å². The van der Waals surface area contributed by atoms with Crippen molar-refractivity contribution in [2.75, 3.05) is 102 Å². The van der Waals surface area contributed by atoms with Crippen molar-refractivity contribution in [2.24, 2.45) is 0 Å². The first kappa shape index (κ1) is 85.2. The van der Waals surface area contributed by atoms with Crippen molar-refractivity contribution in [1.82, 2.24) is 30.2 Å². The van der Waals surface area contributed by atoms with Gasteiger partial charge in [0.25, 0.3) is 0 Å². The monoisotopic (exact) mass is 1630 g/mol. The Morgan fingerprint density at radius 3 is 1.30 bits per heavy atom. The van der Waals surface area contributed by atoms with Crippen molar-refractivity contribution in [3.8, 4) is 45.2 Å². The molecule has 24 heteroatoms. The van der Waals surface area contributed by atoms with Crippen molar-refractivity contribution >= 4 is 69.6 Å². The van der Waals surface area contributed by atoms with Crippen LogP contribution in [0.4, 0.5) is 43.4 Å². The molecule has 3 saturated heterocycles. The van der Waals surface area contributed by atoms with Crippen LogP contribution >= 0.6 is 34.8 Å². The van der Waals surface area contributed by atoms with E-state index < -0.39 is 34.7 Å². The molecule has 14 rings (SSSR count). The number of piperidine rings is 3. The lowest BCUT2D eigenvalue weighted by molar-refractivity contribution is -0.137. The Kier molecular flexibility index (Phi) is 29.0. The van der Waals surface area contributed by atoms with E-state index in [1.54, 1.807) is 13.2 Å². The molecule has 9 aromatic carbocycles. The molecule has 604 valence electrons. The summed E-state index contributed by atoms with van der Waals surface area (Å²) in [5.74, 6) is -1.42. The molecule has 0 unspecified atom stereocenters. The predicted octanol–water partition coefficient (Wildman–Crippen LogP) is 19.1. The van der Waals surface area contributed by atoms with E-state index in [1.807, 2.05) is 67.7 Å². The lowest BCUT2D eigenvalue weighted by Crippen LogP contribution is -2.54. The van der Waals surface area contributed by atoms with Crippen LogP contribution in [0.3, 0.4) is 0 Å². The van der Waals surface area contributed by atoms with Crippen LogP contribution in [0, 0.1) is 28.8 Å². The number of nitrogens with zero attached hydrogens (tertiary/aromatic N) is 5. The van der Waals surface area contributed by atoms with Gasteiger partial charge in [0.15, 0.2) is 0 Å². The zero-order chi connectivity index (χ0) is 81.3. The Balaban J connectivity index is 0.000000159. The van der Waals surface area contributed by atoms with E-state index in [2.05, 4.69) is 107 Å². The maximum atomic E-state index is 13.5. The second-order valence-corrected chi connectivity index (χ2v) is 31.8. The van der Waals surface area contributed by atoms with Crippen molar-refractivity contribution in [3.63, 3.8) is 0 Å². The fourth-order valence-electron chi connectivity index (χ4n) is 17.0. The van der Waals surface area contributed by atoms with Gasteiger partial charge in [-0.3, -0.25) is 29.9 Å². The molecule has 2 aliphatic carbocycles. The molecular weight excluding hydrogens is 1530 g/mol. The Labute approximate surface area is 684 Å². The van der Waals surface area contributed by atoms with Gasteiger partial charge in [0.05, 0.1) is 65.6 Å². The predicted molar refractivity (Wildman–Crippen MR) is 445 cm³/mol. The third-order valence-electron chi connectivity index (χ3n) is 23.6. The van der Waals surface area contributed by atoms with Crippen molar-refractivity contribution in [2.45, 2.75) is 125 Å². The summed E-state index contributed by atoms with van der Waals surface area (Å²) in [7, 11) is 3.62. The Morgan fingerprint density at radius 2 is 0.896 bits per heavy atom. The number of hydrogen-bond acceptors (Lipinski definition) is 12. The van der Waals surface area contributed by atoms with Gasteiger partial charge in [-0.15, -0.1) is 0 Å². The SMILES string of the molecule is CN(CC(=O)Nc1ccc(F)c(Cl)c1)C1(c2ccc(-c3cccc(C#N)c3)cc2)CCN(CCO)CC1.COc1cccc(-c2ccc(C3(NCC(=O)Nc4ccc(F)c(Cl)c4)CCN(C4CCCC4)CC3)cc2)c1.O=C(CNC1(c2ccc(-c3ccc(C(F)(F)F)cc3)cc2)CCN(C2CCCC2)CC1)Nc1ccc(F)c(Cl)c1. The highest BCUT2D eigenvalue weighted by molar-refractivity contribution is 6.31. The highest BCUT2D eigenvalue weighted by Crippen LogP contribution is 2.43. The number of benzene rings is 9. The van der Waals surface area contributed by atoms with E-state index in [4.69, 9.17) is 39.5 Å². The molecule has 3 amide bonds. The van der Waals surface area contributed by atoms with E-state index in [-0.39, 0.29) is 70.1 Å². The number of carbonyl (C=O) groups excluding carboxylic acids is 3. The maximum Gasteiger partial charge on any atom is 0.416 e. The number of anilines is 3. The molecule has 3 heterocycles. The van der Waals surface area contributed by atoms with Crippen LogP contribution in [0.25, 0.3) is 33.4 Å². The summed E-state index contributed by atoms with van der Waals surface area (Å²) in [6, 6.07) is 61.5. The number of methoxy groups -OCH3 is 1. The Hall–Kier alpha value is -9.15. The Morgan fingerprint density at radius 1 is 0.504 bits per heavy atom. The quantitative estimate of drug-likeness (QED) is 0.0335. The van der Waals surface area contributed by atoms with Gasteiger partial charge >= 0.3 is 6.18 Å². The number of hydrogen-bond donors (Lipinski definition) is 6. The van der Waals surface area contributed by atoms with Gasteiger partial charge in [-0.25, -0.2) is 13.2 Å². The molecular formula is C91H97Cl3F6N10O5. The number of likely N-dealkylation sites (tertiary alicyclic amines) is 3. The van der Waals surface area contributed by atoms with Crippen LogP contribution < -0.4 is 31.3 Å². The molecule has 0 radical (unpaired) electrons. The number of β-amino-alcohol motifs (C(OH)–C–C–N with tert-alkyl or cyclic N) is 1. The fourth-order valence-corrected chi connectivity index (χ4v) is 17.5. The minimum atomic E-state index is -4.37. The van der Waals surface area contributed by atoms with Gasteiger partial charge in [0, 0.05) is 91.6 Å². The van der Waals surface area contributed by atoms with Crippen LogP contribution in [0.5, 0.6) is 5.75 Å². The molecule has 0 atom stereocenters. The Bertz CT molecular complexity index is 4810. The average molecular weight is 1630 g/mol. The molecule has 0 aromatic heterocycles. The first-order valence-electron chi connectivity index (χ1n) is 39.3. The molecule has 15 nitrogen and oxygen atoms in total. The van der Waals surface area contributed by atoms with Crippen molar-refractivity contribution in [3.05, 3.63) is 261 Å². The van der Waals surface area contributed by atoms with Crippen LogP contribution in [0.1, 0.15) is 118 Å². The van der Waals surface area contributed by atoms with Crippen molar-refractivity contribution in [1.29, 1.82) is 5.26 Å². The number of ether oxygens (including phenoxy) is 1. The molecule has 9 aromatic rings. The largest absolute Gasteiger partial charge is 0.497 e. The number of amides is 3. The topological polar surface area (TPSA) is 178 Å². The standard InChI is InChI=1S/C31H32ClF4N3O.C31H35ClFN3O2.C29H30ClFN4O2/c32-27-19-25(13-14-28(27)33)38-29(40)20-37-30(15-17-39(18-16-30)26-3-1-2-4-26)23-9-5-21(6-10-23)22-7-11-24(12-8-22)31(34,35)36;1-38-27-8-4-5-23(19-27)22-9-11-24(12-10-22)31(15-17-36(18-16-31)26-6-2-3-7-26)34-21-30(37)35-25-13-14-29(33)28(32)20-25;1-34(20-28(37)33-25-9-10-27(31)26(30)18-25)29(11-13-35(14-12-29)15-16-36)24-7-5-22(6-8-24)23-4-2-3-21(17-23)19-32/h5-14,19,26,37H,1-4,15-18,20H2,(H,38,40);4-5,8-14,19-20,26,34H,2-3,6-7,15-18,21H2,1H3,(H,35,37);2-10,17-18,36H,11-16,20H2,1H3,(H,33,37). The molecule has 3 aliphatic heterocycles. The summed E-state index contributed by atoms with van der Waals surface area (Å²) >= 11 is 17.6. The smallest absolute Gasteiger partial charge is 0.416 e. The molecule has 0 bridgehead atoms. The van der Waals surface area contributed by atoms with Gasteiger partial charge < -0.3 is 40.5 Å². The average Bonchev–Trinajstić information content (AvgIpc) is 1.74. The first-order valence-corrected chi connectivity index (χ1v) is 40.5. The van der Waals surface area contributed by atoms with Gasteiger partial charge in [-0.05, 0) is 212 Å². The van der Waals surface area contributed by atoms with Crippen LogP contribution in [-0.4, -0.2) is 141 Å². The second-order valence-electron chi connectivity index (χ2n) is 30.5. The van der Waals surface area contributed by atoms with Gasteiger partial charge in [-0.1, -0.05) is 170 Å². The van der Waals surface area contributed by atoms with E-state index >= 15 is 0 Å². The van der Waals surface area contributed by atoms with Crippen LogP contribution in [-0.2, 0) is 37.2 Å². The summed E-state index contributed by atoms with van der Waals surface area (Å²) in [6.45, 7) is 6.51. The summed E-state index contributed by atoms with van der Waals surface area (Å²) in [6.07, 6.45) is 10.9. The summed E-state index contributed by atoms with van der Waals surface area (Å²) in [4.78, 5) is 48.1. The summed E-state index contributed by atoms with van der Waals surface area (Å²) in [5.41, 5.74) is 9.23. The van der Waals surface area contributed by atoms with Gasteiger partial charge in [0.2, 0.25) is 17.7 Å². The van der Waals surface area contributed by atoms with Gasteiger partial charge in [0.1, 0.15) is 23.2 Å². The fraction of sp³-hybridized carbons (Fsp3) is 0.363. The number of likely N-dealkylation sites (N-methyl/N-ethyl adjacent to an activating group) is 1. The van der Waals surface area contributed by atoms with Gasteiger partial charge in [-0.2, -0.15) is 18.4 Å². The van der Waals surface area contributed by atoms with E-state index in [9.17, 15) is 51.1 Å². The molecule has 5 aliphatic rings. The zero-order valence-corrected chi connectivity index (χ0v) is 66.9. The summed E-state index contributed by atoms with van der Waals surface area (Å²) < 4.78 is 84.8. The number of rotatable bonds is 23. The lowest BCUT2D eigenvalue weighted by atomic mass is 9.79. The number of carbonyl (C=O) groups is 3. The molecule has 0 spiro atoms. The number of aliphatic hydroxyl groups excluding tert-OH is 1. The lowest BCUT2D eigenvalue weighted by Gasteiger charge is -2.47. The molecule has 115 heavy (non-hydrogen) atoms. The highest BCUT2D eigenvalue weighted by atomic mass is 35.5. The number of nitriles is 1. The second kappa shape index (κ2) is 39.2. The maximum absolute atomic E-state index is 13.5. The number of aliphatic hydroxyl groups is 1. The minimum Gasteiger partial charge on any atom is -0.497 e.